The molecule has 142 valence electrons. The molecular weight excluding hydrogens is 350 g/mol. The number of unbranched alkanes of at least 4 members (excludes halogenated alkanes) is 1. The van der Waals surface area contributed by atoms with Gasteiger partial charge in [0.2, 0.25) is 5.91 Å². The molecule has 8 nitrogen and oxygen atoms in total. The molecule has 0 aliphatic carbocycles. The number of para-hydroxylation sites is 1. The van der Waals surface area contributed by atoms with Crippen molar-refractivity contribution in [2.24, 2.45) is 5.92 Å². The largest absolute Gasteiger partial charge is 0.433 e. The molecule has 27 heavy (non-hydrogen) atoms. The number of nitrogens with zero attached hydrogens (tertiary/aromatic N) is 3. The van der Waals surface area contributed by atoms with Crippen molar-refractivity contribution >= 4 is 23.4 Å². The van der Waals surface area contributed by atoms with Crippen molar-refractivity contribution in [2.45, 2.75) is 19.8 Å². The standard InChI is InChI=1S/C19H21N3O5/c1-2-3-11-21(15-7-5-4-6-8-15)18(23)14-12-20(13-14)19(24)16-9-10-17(27-16)22(25)26/h4-10,14H,2-3,11-13H2,1H3. The number of carbonyl (C=O) groups excluding carboxylic acids is 2. The van der Waals surface area contributed by atoms with Crippen LogP contribution in [0.15, 0.2) is 46.9 Å². The monoisotopic (exact) mass is 371 g/mol. The Labute approximate surface area is 156 Å². The van der Waals surface area contributed by atoms with E-state index in [1.54, 1.807) is 4.90 Å². The van der Waals surface area contributed by atoms with Crippen LogP contribution in [0.1, 0.15) is 30.3 Å². The molecule has 1 fully saturated rings. The second-order valence-electron chi connectivity index (χ2n) is 6.48. The number of rotatable bonds is 7. The molecule has 0 saturated carbocycles. The van der Waals surface area contributed by atoms with E-state index in [1.165, 1.54) is 11.0 Å². The maximum Gasteiger partial charge on any atom is 0.433 e. The first kappa shape index (κ1) is 18.6. The summed E-state index contributed by atoms with van der Waals surface area (Å²) in [6, 6.07) is 11.9. The number of nitro groups is 1. The van der Waals surface area contributed by atoms with Crippen molar-refractivity contribution in [1.82, 2.24) is 4.90 Å². The van der Waals surface area contributed by atoms with E-state index in [1.807, 2.05) is 30.3 Å². The second-order valence-corrected chi connectivity index (χ2v) is 6.48. The molecule has 1 aliphatic rings. The summed E-state index contributed by atoms with van der Waals surface area (Å²) >= 11 is 0. The van der Waals surface area contributed by atoms with Crippen LogP contribution in [-0.2, 0) is 4.79 Å². The predicted molar refractivity (Wildman–Crippen MR) is 98.5 cm³/mol. The fraction of sp³-hybridized carbons (Fsp3) is 0.368. The number of amides is 2. The summed E-state index contributed by atoms with van der Waals surface area (Å²) in [6.07, 6.45) is 1.87. The first-order chi connectivity index (χ1) is 13.0. The Morgan fingerprint density at radius 1 is 1.22 bits per heavy atom. The van der Waals surface area contributed by atoms with Gasteiger partial charge in [-0.25, -0.2) is 0 Å². The number of anilines is 1. The van der Waals surface area contributed by atoms with Crippen LogP contribution in [0, 0.1) is 16.0 Å². The lowest BCUT2D eigenvalue weighted by atomic mass is 9.97. The van der Waals surface area contributed by atoms with Gasteiger partial charge < -0.3 is 14.2 Å². The topological polar surface area (TPSA) is 96.9 Å². The second kappa shape index (κ2) is 8.03. The summed E-state index contributed by atoms with van der Waals surface area (Å²) in [5.74, 6) is -1.29. The summed E-state index contributed by atoms with van der Waals surface area (Å²) in [5.41, 5.74) is 0.849. The molecule has 0 spiro atoms. The molecule has 0 unspecified atom stereocenters. The Morgan fingerprint density at radius 3 is 2.52 bits per heavy atom. The summed E-state index contributed by atoms with van der Waals surface area (Å²) in [6.45, 7) is 3.26. The average molecular weight is 371 g/mol. The maximum atomic E-state index is 12.9. The SMILES string of the molecule is CCCCN(C(=O)C1CN(C(=O)c2ccc([N+](=O)[O-])o2)C1)c1ccccc1. The molecule has 8 heteroatoms. The van der Waals surface area contributed by atoms with Gasteiger partial charge in [0, 0.05) is 25.3 Å². The van der Waals surface area contributed by atoms with E-state index < -0.39 is 16.7 Å². The number of furan rings is 1. The van der Waals surface area contributed by atoms with Gasteiger partial charge in [-0.1, -0.05) is 31.5 Å². The summed E-state index contributed by atoms with van der Waals surface area (Å²) in [5, 5.41) is 10.7. The van der Waals surface area contributed by atoms with Crippen LogP contribution in [0.2, 0.25) is 0 Å². The van der Waals surface area contributed by atoms with Crippen LogP contribution in [-0.4, -0.2) is 41.3 Å². The third-order valence-electron chi connectivity index (χ3n) is 4.57. The third-order valence-corrected chi connectivity index (χ3v) is 4.57. The number of carbonyl (C=O) groups is 2. The lowest BCUT2D eigenvalue weighted by molar-refractivity contribution is -0.402. The smallest absolute Gasteiger partial charge is 0.395 e. The molecule has 2 amide bonds. The molecule has 0 radical (unpaired) electrons. The van der Waals surface area contributed by atoms with Crippen molar-refractivity contribution in [3.05, 3.63) is 58.3 Å². The fourth-order valence-electron chi connectivity index (χ4n) is 3.01. The number of benzene rings is 1. The predicted octanol–water partition coefficient (Wildman–Crippen LogP) is 3.09. The Kier molecular flexibility index (Phi) is 5.54. The molecule has 1 aromatic heterocycles. The van der Waals surface area contributed by atoms with E-state index in [-0.39, 0.29) is 30.7 Å². The molecule has 2 aromatic rings. The van der Waals surface area contributed by atoms with Crippen molar-refractivity contribution in [3.63, 3.8) is 0 Å². The maximum absolute atomic E-state index is 12.9. The Balaban J connectivity index is 1.63. The van der Waals surface area contributed by atoms with E-state index in [9.17, 15) is 19.7 Å². The van der Waals surface area contributed by atoms with Gasteiger partial charge in [0.25, 0.3) is 5.91 Å². The van der Waals surface area contributed by atoms with Gasteiger partial charge in [-0.3, -0.25) is 19.7 Å². The highest BCUT2D eigenvalue weighted by Gasteiger charge is 2.39. The van der Waals surface area contributed by atoms with Crippen molar-refractivity contribution < 1.29 is 18.9 Å². The number of hydrogen-bond acceptors (Lipinski definition) is 5. The van der Waals surface area contributed by atoms with Crippen LogP contribution >= 0.6 is 0 Å². The zero-order chi connectivity index (χ0) is 19.4. The summed E-state index contributed by atoms with van der Waals surface area (Å²) in [7, 11) is 0. The Morgan fingerprint density at radius 2 is 1.93 bits per heavy atom. The minimum Gasteiger partial charge on any atom is -0.395 e. The van der Waals surface area contributed by atoms with Crippen LogP contribution in [0.25, 0.3) is 0 Å². The highest BCUT2D eigenvalue weighted by Crippen LogP contribution is 2.26. The lowest BCUT2D eigenvalue weighted by Crippen LogP contribution is -2.56. The molecule has 1 saturated heterocycles. The van der Waals surface area contributed by atoms with Crippen LogP contribution in [0.4, 0.5) is 11.6 Å². The average Bonchev–Trinajstić information content (AvgIpc) is 3.12. The molecule has 1 aromatic carbocycles. The molecule has 2 heterocycles. The molecular formula is C19H21N3O5. The van der Waals surface area contributed by atoms with Gasteiger partial charge in [-0.15, -0.1) is 0 Å². The highest BCUT2D eigenvalue weighted by molar-refractivity contribution is 5.98. The number of hydrogen-bond donors (Lipinski definition) is 0. The fourth-order valence-corrected chi connectivity index (χ4v) is 3.01. The Hall–Kier alpha value is -3.16. The first-order valence-electron chi connectivity index (χ1n) is 8.91. The molecule has 0 bridgehead atoms. The van der Waals surface area contributed by atoms with Crippen molar-refractivity contribution in [3.8, 4) is 0 Å². The first-order valence-corrected chi connectivity index (χ1v) is 8.91. The molecule has 0 N–H and O–H groups in total. The summed E-state index contributed by atoms with van der Waals surface area (Å²) < 4.78 is 4.94. The minimum absolute atomic E-state index is 0.0101. The van der Waals surface area contributed by atoms with Gasteiger partial charge in [-0.05, 0) is 24.6 Å². The van der Waals surface area contributed by atoms with Gasteiger partial charge in [0.1, 0.15) is 4.92 Å². The van der Waals surface area contributed by atoms with E-state index in [0.717, 1.165) is 24.6 Å². The van der Waals surface area contributed by atoms with Crippen LogP contribution in [0.3, 0.4) is 0 Å². The zero-order valence-corrected chi connectivity index (χ0v) is 15.0. The van der Waals surface area contributed by atoms with Crippen LogP contribution < -0.4 is 4.90 Å². The minimum atomic E-state index is -0.690. The molecule has 3 rings (SSSR count). The normalized spacial score (nSPS) is 13.9. The van der Waals surface area contributed by atoms with E-state index in [4.69, 9.17) is 4.42 Å². The van der Waals surface area contributed by atoms with Gasteiger partial charge >= 0.3 is 5.88 Å². The van der Waals surface area contributed by atoms with Gasteiger partial charge in [0.05, 0.1) is 12.0 Å². The van der Waals surface area contributed by atoms with Gasteiger partial charge in [-0.2, -0.15) is 0 Å². The quantitative estimate of drug-likeness (QED) is 0.550. The third kappa shape index (κ3) is 3.99. The van der Waals surface area contributed by atoms with Gasteiger partial charge in [0.15, 0.2) is 5.76 Å². The van der Waals surface area contributed by atoms with Crippen molar-refractivity contribution in [2.75, 3.05) is 24.5 Å². The van der Waals surface area contributed by atoms with Crippen molar-refractivity contribution in [1.29, 1.82) is 0 Å². The highest BCUT2D eigenvalue weighted by atomic mass is 16.6. The van der Waals surface area contributed by atoms with Crippen LogP contribution in [0.5, 0.6) is 0 Å². The van der Waals surface area contributed by atoms with E-state index in [0.29, 0.717) is 6.54 Å². The zero-order valence-electron chi connectivity index (χ0n) is 15.0. The Bertz CT molecular complexity index is 827. The lowest BCUT2D eigenvalue weighted by Gasteiger charge is -2.40. The molecule has 0 atom stereocenters. The number of likely N-dealkylation sites (tertiary alicyclic amines) is 1. The van der Waals surface area contributed by atoms with E-state index in [2.05, 4.69) is 6.92 Å². The molecule has 1 aliphatic heterocycles. The summed E-state index contributed by atoms with van der Waals surface area (Å²) in [4.78, 5) is 38.4. The van der Waals surface area contributed by atoms with E-state index >= 15 is 0 Å².